The minimum atomic E-state index is -5.24. The number of nitrogens with zero attached hydrogens (tertiary/aromatic N) is 2. The summed E-state index contributed by atoms with van der Waals surface area (Å²) in [6.45, 7) is 7.28. The molecule has 0 radical (unpaired) electrons. The summed E-state index contributed by atoms with van der Waals surface area (Å²) in [6.07, 6.45) is 1.61. The highest BCUT2D eigenvalue weighted by molar-refractivity contribution is 14.0. The van der Waals surface area contributed by atoms with Crippen LogP contribution in [0.1, 0.15) is 35.1 Å². The van der Waals surface area contributed by atoms with Gasteiger partial charge < -0.3 is 10.6 Å². The second-order valence-corrected chi connectivity index (χ2v) is 9.73. The Kier molecular flexibility index (Phi) is 10.5. The van der Waals surface area contributed by atoms with Crippen molar-refractivity contribution in [3.8, 4) is 0 Å². The molecule has 1 heterocycles. The Morgan fingerprint density at radius 1 is 1.13 bits per heavy atom. The Labute approximate surface area is 200 Å². The summed E-state index contributed by atoms with van der Waals surface area (Å²) in [6, 6.07) is 4.33. The number of halogens is 4. The van der Waals surface area contributed by atoms with Crippen LogP contribution in [0.2, 0.25) is 0 Å². The molecule has 31 heavy (non-hydrogen) atoms. The molecule has 2 rings (SSSR count). The topological polar surface area (TPSA) is 73.8 Å². The number of nitrogens with one attached hydrogen (secondary N) is 2. The minimum absolute atomic E-state index is 0. The molecule has 1 fully saturated rings. The van der Waals surface area contributed by atoms with E-state index in [0.29, 0.717) is 36.2 Å². The van der Waals surface area contributed by atoms with E-state index in [2.05, 4.69) is 48.5 Å². The van der Waals surface area contributed by atoms with Gasteiger partial charge in [0.15, 0.2) is 5.96 Å². The molecule has 1 saturated heterocycles. The van der Waals surface area contributed by atoms with E-state index in [1.807, 2.05) is 0 Å². The summed E-state index contributed by atoms with van der Waals surface area (Å²) >= 11 is 0. The standard InChI is InChI=1S/C20H31F3N4O2S.HI/c1-14-11-15(2)18(16(3)12-14)5-8-25-19(24-4)26-13-17-6-9-27(10-7-17)30(28,29)20(21,22)23;/h11-12,17H,5-10,13H2,1-4H3,(H2,24,25,26);1H. The zero-order valence-corrected chi connectivity index (χ0v) is 21.5. The first-order valence-corrected chi connectivity index (χ1v) is 11.5. The van der Waals surface area contributed by atoms with E-state index >= 15 is 0 Å². The van der Waals surface area contributed by atoms with Crippen molar-refractivity contribution in [1.29, 1.82) is 0 Å². The number of benzene rings is 1. The summed E-state index contributed by atoms with van der Waals surface area (Å²) < 4.78 is 61.5. The van der Waals surface area contributed by atoms with Gasteiger partial charge in [0.2, 0.25) is 0 Å². The van der Waals surface area contributed by atoms with Crippen molar-refractivity contribution < 1.29 is 21.6 Å². The molecule has 1 aromatic carbocycles. The van der Waals surface area contributed by atoms with Gasteiger partial charge in [0, 0.05) is 33.2 Å². The summed E-state index contributed by atoms with van der Waals surface area (Å²) in [4.78, 5) is 4.19. The highest BCUT2D eigenvalue weighted by atomic mass is 127. The molecule has 0 saturated carbocycles. The van der Waals surface area contributed by atoms with E-state index in [9.17, 15) is 21.6 Å². The van der Waals surface area contributed by atoms with E-state index in [1.165, 1.54) is 22.3 Å². The molecule has 1 aliphatic heterocycles. The van der Waals surface area contributed by atoms with Crippen LogP contribution in [0.5, 0.6) is 0 Å². The fourth-order valence-corrected chi connectivity index (χ4v) is 4.86. The lowest BCUT2D eigenvalue weighted by atomic mass is 9.97. The first-order valence-electron chi connectivity index (χ1n) is 10.0. The molecule has 0 spiro atoms. The quantitative estimate of drug-likeness (QED) is 0.309. The lowest BCUT2D eigenvalue weighted by molar-refractivity contribution is -0.0496. The number of rotatable bonds is 6. The molecule has 178 valence electrons. The lowest BCUT2D eigenvalue weighted by Crippen LogP contribution is -2.47. The summed E-state index contributed by atoms with van der Waals surface area (Å²) in [5, 5.41) is 6.46. The van der Waals surface area contributed by atoms with Crippen molar-refractivity contribution in [1.82, 2.24) is 14.9 Å². The van der Waals surface area contributed by atoms with Crippen molar-refractivity contribution in [2.45, 2.75) is 45.5 Å². The van der Waals surface area contributed by atoms with Crippen molar-refractivity contribution in [3.63, 3.8) is 0 Å². The number of alkyl halides is 3. The molecule has 0 aliphatic carbocycles. The van der Waals surface area contributed by atoms with Crippen LogP contribution >= 0.6 is 24.0 Å². The average Bonchev–Trinajstić information content (AvgIpc) is 2.65. The molecule has 2 N–H and O–H groups in total. The van der Waals surface area contributed by atoms with E-state index in [4.69, 9.17) is 0 Å². The van der Waals surface area contributed by atoms with Crippen molar-refractivity contribution in [2.24, 2.45) is 10.9 Å². The monoisotopic (exact) mass is 576 g/mol. The second kappa shape index (κ2) is 11.7. The second-order valence-electron chi connectivity index (χ2n) is 7.80. The van der Waals surface area contributed by atoms with Crippen LogP contribution in [0.15, 0.2) is 17.1 Å². The zero-order chi connectivity index (χ0) is 22.5. The maximum absolute atomic E-state index is 12.7. The summed E-state index contributed by atoms with van der Waals surface area (Å²) in [5.74, 6) is 0.715. The number of piperidine rings is 1. The molecule has 1 aromatic rings. The largest absolute Gasteiger partial charge is 0.511 e. The maximum atomic E-state index is 12.7. The number of hydrogen-bond acceptors (Lipinski definition) is 3. The average molecular weight is 576 g/mol. The Hall–Kier alpha value is -1.08. The van der Waals surface area contributed by atoms with Gasteiger partial charge in [-0.25, -0.2) is 8.42 Å². The number of sulfonamides is 1. The fourth-order valence-electron chi connectivity index (χ4n) is 3.87. The lowest BCUT2D eigenvalue weighted by Gasteiger charge is -2.31. The van der Waals surface area contributed by atoms with Gasteiger partial charge in [0.05, 0.1) is 0 Å². The van der Waals surface area contributed by atoms with E-state index < -0.39 is 15.5 Å². The molecule has 11 heteroatoms. The Morgan fingerprint density at radius 3 is 2.16 bits per heavy atom. The first kappa shape index (κ1) is 28.0. The van der Waals surface area contributed by atoms with Gasteiger partial charge in [-0.1, -0.05) is 17.7 Å². The van der Waals surface area contributed by atoms with Crippen LogP contribution < -0.4 is 10.6 Å². The number of aliphatic imine (C=N–C) groups is 1. The molecule has 0 bridgehead atoms. The Bertz CT molecular complexity index is 845. The van der Waals surface area contributed by atoms with Gasteiger partial charge in [-0.3, -0.25) is 4.99 Å². The zero-order valence-electron chi connectivity index (χ0n) is 18.3. The third-order valence-electron chi connectivity index (χ3n) is 5.50. The molecular formula is C20H32F3IN4O2S. The van der Waals surface area contributed by atoms with Crippen LogP contribution in [0.3, 0.4) is 0 Å². The maximum Gasteiger partial charge on any atom is 0.511 e. The fraction of sp³-hybridized carbons (Fsp3) is 0.650. The van der Waals surface area contributed by atoms with E-state index in [0.717, 1.165) is 6.42 Å². The van der Waals surface area contributed by atoms with Crippen molar-refractivity contribution >= 4 is 40.0 Å². The predicted octanol–water partition coefficient (Wildman–Crippen LogP) is 3.50. The molecular weight excluding hydrogens is 544 g/mol. The SMILES string of the molecule is CN=C(NCCc1c(C)cc(C)cc1C)NCC1CCN(S(=O)(=O)C(F)(F)F)CC1.I. The highest BCUT2D eigenvalue weighted by Gasteiger charge is 2.50. The van der Waals surface area contributed by atoms with Gasteiger partial charge in [0.25, 0.3) is 0 Å². The van der Waals surface area contributed by atoms with Gasteiger partial charge in [-0.15, -0.1) is 24.0 Å². The van der Waals surface area contributed by atoms with Crippen LogP contribution in [0.4, 0.5) is 13.2 Å². The smallest absolute Gasteiger partial charge is 0.356 e. The predicted molar refractivity (Wildman–Crippen MR) is 128 cm³/mol. The van der Waals surface area contributed by atoms with Crippen molar-refractivity contribution in [3.05, 3.63) is 34.4 Å². The Morgan fingerprint density at radius 2 is 1.68 bits per heavy atom. The minimum Gasteiger partial charge on any atom is -0.356 e. The number of hydrogen-bond donors (Lipinski definition) is 2. The molecule has 1 aliphatic rings. The van der Waals surface area contributed by atoms with Crippen LogP contribution in [0, 0.1) is 26.7 Å². The molecule has 0 amide bonds. The van der Waals surface area contributed by atoms with Crippen LogP contribution in [-0.4, -0.2) is 57.4 Å². The first-order chi connectivity index (χ1) is 14.0. The van der Waals surface area contributed by atoms with Gasteiger partial charge in [-0.2, -0.15) is 17.5 Å². The van der Waals surface area contributed by atoms with Gasteiger partial charge in [-0.05, 0) is 62.6 Å². The summed E-state index contributed by atoms with van der Waals surface area (Å²) in [7, 11) is -3.57. The number of aryl methyl sites for hydroxylation is 3. The highest BCUT2D eigenvalue weighted by Crippen LogP contribution is 2.30. The van der Waals surface area contributed by atoms with E-state index in [1.54, 1.807) is 7.05 Å². The third kappa shape index (κ3) is 7.48. The van der Waals surface area contributed by atoms with Crippen molar-refractivity contribution in [2.75, 3.05) is 33.2 Å². The van der Waals surface area contributed by atoms with Gasteiger partial charge >= 0.3 is 15.5 Å². The van der Waals surface area contributed by atoms with Crippen LogP contribution in [-0.2, 0) is 16.4 Å². The molecule has 0 aromatic heterocycles. The summed E-state index contributed by atoms with van der Waals surface area (Å²) in [5.41, 5.74) is -0.163. The normalized spacial score (nSPS) is 16.7. The third-order valence-corrected chi connectivity index (χ3v) is 7.13. The van der Waals surface area contributed by atoms with Gasteiger partial charge in [0.1, 0.15) is 0 Å². The number of guanidine groups is 1. The van der Waals surface area contributed by atoms with Crippen LogP contribution in [0.25, 0.3) is 0 Å². The van der Waals surface area contributed by atoms with E-state index in [-0.39, 0.29) is 43.0 Å². The Balaban J connectivity index is 0.00000480. The molecule has 0 atom stereocenters. The molecule has 6 nitrogen and oxygen atoms in total. The molecule has 0 unspecified atom stereocenters.